The number of piperidine rings is 2. The number of para-hydroxylation sites is 1. The van der Waals surface area contributed by atoms with E-state index in [1.54, 1.807) is 39.6 Å². The predicted octanol–water partition coefficient (Wildman–Crippen LogP) is 11.4. The lowest BCUT2D eigenvalue weighted by Gasteiger charge is -2.38. The van der Waals surface area contributed by atoms with Crippen LogP contribution < -0.4 is 44.3 Å². The highest BCUT2D eigenvalue weighted by atomic mass is 16.5. The van der Waals surface area contributed by atoms with Gasteiger partial charge in [-0.25, -0.2) is 4.98 Å². The molecule has 0 atom stereocenters. The van der Waals surface area contributed by atoms with Crippen molar-refractivity contribution < 1.29 is 33.3 Å². The maximum absolute atomic E-state index is 13.8. The molecule has 0 spiro atoms. The van der Waals surface area contributed by atoms with Crippen molar-refractivity contribution in [1.29, 1.82) is 0 Å². The Hall–Kier alpha value is -8.59. The SMILES string of the molecule is CCOc1cc(N2CCC(C(=O)N3CCC(COc4ccc(-c5ccc(NC(=O)c6ccc(OC)c(-c7cccc(OC)c7)c6)cc5)cc4)CC3)CC2)ccc1Nc1ncc(N(C)C=O)c(N(C)c2ccccc2C)n1. The van der Waals surface area contributed by atoms with E-state index in [0.717, 1.165) is 115 Å². The van der Waals surface area contributed by atoms with Gasteiger partial charge in [0.1, 0.15) is 28.7 Å². The number of nitrogens with zero attached hydrogens (tertiary/aromatic N) is 6. The quantitative estimate of drug-likeness (QED) is 0.0742. The second-order valence-electron chi connectivity index (χ2n) is 19.2. The molecule has 0 aliphatic carbocycles. The van der Waals surface area contributed by atoms with Crippen molar-refractivity contribution in [2.75, 3.05) is 93.0 Å². The van der Waals surface area contributed by atoms with Gasteiger partial charge in [-0.2, -0.15) is 4.98 Å². The fourth-order valence-corrected chi connectivity index (χ4v) is 9.97. The number of ether oxygens (including phenoxy) is 4. The van der Waals surface area contributed by atoms with Gasteiger partial charge < -0.3 is 49.2 Å². The molecule has 2 N–H and O–H groups in total. The van der Waals surface area contributed by atoms with Gasteiger partial charge in [0.25, 0.3) is 5.91 Å². The Labute approximate surface area is 445 Å². The molecule has 3 amide bonds. The molecule has 76 heavy (non-hydrogen) atoms. The van der Waals surface area contributed by atoms with Crippen LogP contribution in [0.3, 0.4) is 0 Å². The second-order valence-corrected chi connectivity index (χ2v) is 19.2. The number of amides is 3. The number of likely N-dealkylation sites (tertiary alicyclic amines) is 1. The first-order valence-electron chi connectivity index (χ1n) is 25.9. The summed E-state index contributed by atoms with van der Waals surface area (Å²) in [5.41, 5.74) is 9.31. The maximum Gasteiger partial charge on any atom is 0.255 e. The molecule has 0 saturated carbocycles. The molecule has 15 nitrogen and oxygen atoms in total. The fraction of sp³-hybridized carbons (Fsp3) is 0.295. The smallest absolute Gasteiger partial charge is 0.255 e. The minimum absolute atomic E-state index is 0.00548. The number of aryl methyl sites for hydroxylation is 1. The van der Waals surface area contributed by atoms with E-state index in [-0.39, 0.29) is 17.7 Å². The molecule has 392 valence electrons. The van der Waals surface area contributed by atoms with Crippen LogP contribution in [0.1, 0.15) is 48.5 Å². The molecule has 6 aromatic carbocycles. The van der Waals surface area contributed by atoms with Gasteiger partial charge in [-0.05, 0) is 140 Å². The number of hydrogen-bond acceptors (Lipinski definition) is 12. The van der Waals surface area contributed by atoms with Crippen LogP contribution >= 0.6 is 0 Å². The molecule has 0 radical (unpaired) electrons. The molecule has 7 aromatic rings. The van der Waals surface area contributed by atoms with Crippen molar-refractivity contribution in [3.63, 3.8) is 0 Å². The van der Waals surface area contributed by atoms with Crippen molar-refractivity contribution in [3.05, 3.63) is 151 Å². The molecule has 2 saturated heterocycles. The summed E-state index contributed by atoms with van der Waals surface area (Å²) in [7, 11) is 6.85. The van der Waals surface area contributed by atoms with Gasteiger partial charge in [-0.3, -0.25) is 14.4 Å². The Balaban J connectivity index is 0.727. The van der Waals surface area contributed by atoms with Crippen molar-refractivity contribution in [1.82, 2.24) is 14.9 Å². The summed E-state index contributed by atoms with van der Waals surface area (Å²) >= 11 is 0. The van der Waals surface area contributed by atoms with E-state index in [1.165, 1.54) is 4.90 Å². The van der Waals surface area contributed by atoms with Gasteiger partial charge in [0.15, 0.2) is 5.82 Å². The standard InChI is InChI=1S/C61H66N8O7/c1-7-75-57-37-49(22-25-53(57)64-61-62-38-55(66(3)40-70)58(65-61)67(4)54-14-9-8-11-41(54)2)68-33-29-45(30-34-68)60(72)69-31-27-42(28-32-69)39-76-50-23-17-44(18-24-50)43-15-20-48(21-16-43)63-59(71)47-19-26-56(74-6)52(36-47)46-12-10-13-51(35-46)73-5/h8-26,35-38,40,42,45H,7,27-34,39H2,1-6H3,(H,63,71)(H,62,64,65). The highest BCUT2D eigenvalue weighted by molar-refractivity contribution is 6.05. The molecule has 3 heterocycles. The van der Waals surface area contributed by atoms with E-state index in [9.17, 15) is 14.4 Å². The number of rotatable bonds is 19. The summed E-state index contributed by atoms with van der Waals surface area (Å²) in [5.74, 6) is 4.21. The predicted molar refractivity (Wildman–Crippen MR) is 301 cm³/mol. The topological polar surface area (TPSA) is 151 Å². The molecule has 2 aliphatic rings. The Morgan fingerprint density at radius 1 is 0.724 bits per heavy atom. The number of carbonyl (C=O) groups is 3. The van der Waals surface area contributed by atoms with Gasteiger partial charge in [0.2, 0.25) is 18.3 Å². The van der Waals surface area contributed by atoms with Crippen molar-refractivity contribution in [3.8, 4) is 45.3 Å². The fourth-order valence-electron chi connectivity index (χ4n) is 9.97. The average molecular weight is 1020 g/mol. The number of methoxy groups -OCH3 is 2. The lowest BCUT2D eigenvalue weighted by molar-refractivity contribution is -0.137. The van der Waals surface area contributed by atoms with Crippen molar-refractivity contribution in [2.45, 2.75) is 39.5 Å². The first kappa shape index (κ1) is 52.3. The molecular weight excluding hydrogens is 957 g/mol. The second kappa shape index (κ2) is 24.2. The summed E-state index contributed by atoms with van der Waals surface area (Å²) in [4.78, 5) is 56.3. The number of benzene rings is 6. The normalized spacial score (nSPS) is 13.9. The maximum atomic E-state index is 13.8. The minimum atomic E-state index is -0.221. The Morgan fingerprint density at radius 3 is 2.16 bits per heavy atom. The Kier molecular flexibility index (Phi) is 16.6. The Morgan fingerprint density at radius 2 is 1.46 bits per heavy atom. The van der Waals surface area contributed by atoms with Crippen LogP contribution in [0.2, 0.25) is 0 Å². The summed E-state index contributed by atoms with van der Waals surface area (Å²) in [6.07, 6.45) is 5.77. The number of hydrogen-bond donors (Lipinski definition) is 2. The molecule has 2 fully saturated rings. The van der Waals surface area contributed by atoms with E-state index < -0.39 is 0 Å². The first-order valence-corrected chi connectivity index (χ1v) is 25.9. The van der Waals surface area contributed by atoms with E-state index in [2.05, 4.69) is 31.5 Å². The van der Waals surface area contributed by atoms with Crippen LogP contribution in [0, 0.1) is 18.8 Å². The van der Waals surface area contributed by atoms with E-state index in [0.29, 0.717) is 59.3 Å². The summed E-state index contributed by atoms with van der Waals surface area (Å²) in [5, 5.41) is 6.39. The largest absolute Gasteiger partial charge is 0.497 e. The third kappa shape index (κ3) is 12.2. The van der Waals surface area contributed by atoms with Crippen LogP contribution in [0.4, 0.5) is 40.2 Å². The van der Waals surface area contributed by atoms with E-state index in [1.807, 2.05) is 141 Å². The van der Waals surface area contributed by atoms with Crippen LogP contribution in [-0.2, 0) is 9.59 Å². The van der Waals surface area contributed by atoms with Crippen molar-refractivity contribution >= 4 is 58.4 Å². The first-order chi connectivity index (χ1) is 37.0. The van der Waals surface area contributed by atoms with Gasteiger partial charge in [-0.15, -0.1) is 0 Å². The molecule has 0 bridgehead atoms. The lowest BCUT2D eigenvalue weighted by Crippen LogP contribution is -2.46. The molecule has 9 rings (SSSR count). The molecule has 2 aliphatic heterocycles. The molecule has 0 unspecified atom stereocenters. The van der Waals surface area contributed by atoms with Crippen LogP contribution in [-0.4, -0.2) is 101 Å². The van der Waals surface area contributed by atoms with Crippen LogP contribution in [0.15, 0.2) is 140 Å². The van der Waals surface area contributed by atoms with Gasteiger partial charge in [-0.1, -0.05) is 54.6 Å². The Bertz CT molecular complexity index is 3140. The number of anilines is 7. The monoisotopic (exact) mass is 1020 g/mol. The van der Waals surface area contributed by atoms with E-state index >= 15 is 0 Å². The van der Waals surface area contributed by atoms with Gasteiger partial charge in [0.05, 0.1) is 39.3 Å². The number of aromatic nitrogens is 2. The van der Waals surface area contributed by atoms with Crippen molar-refractivity contribution in [2.24, 2.45) is 11.8 Å². The highest BCUT2D eigenvalue weighted by Crippen LogP contribution is 2.38. The summed E-state index contributed by atoms with van der Waals surface area (Å²) < 4.78 is 23.4. The zero-order valence-corrected chi connectivity index (χ0v) is 44.1. The third-order valence-electron chi connectivity index (χ3n) is 14.4. The highest BCUT2D eigenvalue weighted by Gasteiger charge is 2.32. The summed E-state index contributed by atoms with van der Waals surface area (Å²) in [6.45, 7) is 8.08. The zero-order valence-electron chi connectivity index (χ0n) is 44.1. The average Bonchev–Trinajstić information content (AvgIpc) is 3.48. The molecule has 1 aromatic heterocycles. The molecule has 15 heteroatoms. The summed E-state index contributed by atoms with van der Waals surface area (Å²) in [6, 6.07) is 43.0. The minimum Gasteiger partial charge on any atom is -0.497 e. The molecular formula is C61H66N8O7. The number of nitrogens with one attached hydrogen (secondary N) is 2. The van der Waals surface area contributed by atoms with Crippen LogP contribution in [0.25, 0.3) is 22.3 Å². The third-order valence-corrected chi connectivity index (χ3v) is 14.4. The van der Waals surface area contributed by atoms with Gasteiger partial charge >= 0.3 is 0 Å². The number of carbonyl (C=O) groups excluding carboxylic acids is 3. The van der Waals surface area contributed by atoms with Crippen LogP contribution in [0.5, 0.6) is 23.0 Å². The van der Waals surface area contributed by atoms with Gasteiger partial charge in [0, 0.05) is 80.4 Å². The zero-order chi connectivity index (χ0) is 53.1. The van der Waals surface area contributed by atoms with E-state index in [4.69, 9.17) is 23.9 Å². The lowest BCUT2D eigenvalue weighted by atomic mass is 9.92.